The van der Waals surface area contributed by atoms with Crippen LogP contribution in [0, 0.1) is 0 Å². The summed E-state index contributed by atoms with van der Waals surface area (Å²) < 4.78 is 5.21. The lowest BCUT2D eigenvalue weighted by molar-refractivity contribution is 0.213. The maximum Gasteiger partial charge on any atom is 0.204 e. The molecule has 0 unspecified atom stereocenters. The predicted molar refractivity (Wildman–Crippen MR) is 106 cm³/mol. The van der Waals surface area contributed by atoms with E-state index < -0.39 is 0 Å². The first-order valence-corrected chi connectivity index (χ1v) is 9.57. The van der Waals surface area contributed by atoms with Crippen LogP contribution in [0.3, 0.4) is 0 Å². The van der Waals surface area contributed by atoms with Crippen molar-refractivity contribution in [3.05, 3.63) is 48.5 Å². The van der Waals surface area contributed by atoms with Gasteiger partial charge in [-0.05, 0) is 54.4 Å². The first-order valence-electron chi connectivity index (χ1n) is 9.57. The van der Waals surface area contributed by atoms with Crippen molar-refractivity contribution in [1.82, 2.24) is 25.1 Å². The summed E-state index contributed by atoms with van der Waals surface area (Å²) in [6.45, 7) is 4.16. The number of nitrogens with zero attached hydrogens (tertiary/aromatic N) is 5. The van der Waals surface area contributed by atoms with E-state index in [9.17, 15) is 0 Å². The molecule has 1 aliphatic heterocycles. The number of aromatic nitrogens is 4. The highest BCUT2D eigenvalue weighted by molar-refractivity contribution is 5.67. The standard InChI is InChI=1S/C21H25N5O/c1-27-20-11-9-18(10-12-20)17-5-7-19(8-6-17)21-22-24-26(23-21)16-15-25-13-3-2-4-14-25/h5-12H,2-4,13-16H2,1H3. The van der Waals surface area contributed by atoms with Crippen molar-refractivity contribution >= 4 is 0 Å². The number of ether oxygens (including phenoxy) is 1. The fourth-order valence-corrected chi connectivity index (χ4v) is 3.46. The van der Waals surface area contributed by atoms with E-state index in [1.807, 2.05) is 24.3 Å². The monoisotopic (exact) mass is 363 g/mol. The lowest BCUT2D eigenvalue weighted by Crippen LogP contribution is -2.33. The molecular weight excluding hydrogens is 338 g/mol. The second kappa shape index (κ2) is 8.31. The van der Waals surface area contributed by atoms with Crippen LogP contribution in [0.5, 0.6) is 5.75 Å². The summed E-state index contributed by atoms with van der Waals surface area (Å²) >= 11 is 0. The van der Waals surface area contributed by atoms with E-state index in [1.54, 1.807) is 11.9 Å². The van der Waals surface area contributed by atoms with Gasteiger partial charge in [0.25, 0.3) is 0 Å². The Bertz CT molecular complexity index is 851. The van der Waals surface area contributed by atoms with E-state index in [-0.39, 0.29) is 0 Å². The van der Waals surface area contributed by atoms with Crippen molar-refractivity contribution in [2.45, 2.75) is 25.8 Å². The average molecular weight is 363 g/mol. The van der Waals surface area contributed by atoms with Gasteiger partial charge in [-0.25, -0.2) is 0 Å². The Labute approximate surface area is 159 Å². The summed E-state index contributed by atoms with van der Waals surface area (Å²) in [4.78, 5) is 4.19. The zero-order chi connectivity index (χ0) is 18.5. The molecule has 0 spiro atoms. The fourth-order valence-electron chi connectivity index (χ4n) is 3.46. The van der Waals surface area contributed by atoms with Crippen molar-refractivity contribution in [3.63, 3.8) is 0 Å². The molecule has 0 bridgehead atoms. The topological polar surface area (TPSA) is 56.1 Å². The highest BCUT2D eigenvalue weighted by Gasteiger charge is 2.11. The molecule has 4 rings (SSSR count). The largest absolute Gasteiger partial charge is 0.497 e. The van der Waals surface area contributed by atoms with Crippen LogP contribution in [0.15, 0.2) is 48.5 Å². The molecule has 1 aromatic heterocycles. The third-order valence-corrected chi connectivity index (χ3v) is 5.08. The van der Waals surface area contributed by atoms with Gasteiger partial charge >= 0.3 is 0 Å². The molecule has 1 fully saturated rings. The second-order valence-electron chi connectivity index (χ2n) is 6.92. The molecule has 0 N–H and O–H groups in total. The van der Waals surface area contributed by atoms with E-state index in [4.69, 9.17) is 4.74 Å². The molecule has 27 heavy (non-hydrogen) atoms. The second-order valence-corrected chi connectivity index (χ2v) is 6.92. The van der Waals surface area contributed by atoms with E-state index >= 15 is 0 Å². The lowest BCUT2D eigenvalue weighted by Gasteiger charge is -2.25. The zero-order valence-corrected chi connectivity index (χ0v) is 15.7. The van der Waals surface area contributed by atoms with Gasteiger partial charge in [0, 0.05) is 12.1 Å². The van der Waals surface area contributed by atoms with Gasteiger partial charge in [-0.15, -0.1) is 10.2 Å². The Balaban J connectivity index is 1.40. The maximum atomic E-state index is 5.21. The van der Waals surface area contributed by atoms with Crippen LogP contribution in [0.4, 0.5) is 0 Å². The van der Waals surface area contributed by atoms with Gasteiger partial charge in [0.15, 0.2) is 0 Å². The molecule has 2 heterocycles. The molecule has 0 aliphatic carbocycles. The van der Waals surface area contributed by atoms with E-state index in [2.05, 4.69) is 44.6 Å². The number of likely N-dealkylation sites (tertiary alicyclic amines) is 1. The molecule has 1 saturated heterocycles. The van der Waals surface area contributed by atoms with Crippen molar-refractivity contribution in [3.8, 4) is 28.3 Å². The van der Waals surface area contributed by atoms with Gasteiger partial charge in [0.1, 0.15) is 5.75 Å². The van der Waals surface area contributed by atoms with Gasteiger partial charge in [0.2, 0.25) is 5.82 Å². The maximum absolute atomic E-state index is 5.21. The van der Waals surface area contributed by atoms with Gasteiger partial charge in [-0.2, -0.15) is 4.80 Å². The van der Waals surface area contributed by atoms with Gasteiger partial charge in [-0.1, -0.05) is 42.8 Å². The van der Waals surface area contributed by atoms with Crippen LogP contribution < -0.4 is 4.74 Å². The normalized spacial score (nSPS) is 15.0. The minimum Gasteiger partial charge on any atom is -0.497 e. The minimum absolute atomic E-state index is 0.676. The summed E-state index contributed by atoms with van der Waals surface area (Å²) in [5, 5.41) is 13.0. The molecule has 2 aromatic carbocycles. The Kier molecular flexibility index (Phi) is 5.44. The number of benzene rings is 2. The van der Waals surface area contributed by atoms with Crippen LogP contribution in [0.25, 0.3) is 22.5 Å². The Morgan fingerprint density at radius 3 is 2.11 bits per heavy atom. The molecule has 3 aromatic rings. The van der Waals surface area contributed by atoms with Crippen molar-refractivity contribution in [1.29, 1.82) is 0 Å². The molecule has 0 amide bonds. The van der Waals surface area contributed by atoms with E-state index in [1.165, 1.54) is 32.4 Å². The summed E-state index contributed by atoms with van der Waals surface area (Å²) in [6.07, 6.45) is 3.96. The van der Waals surface area contributed by atoms with Crippen LogP contribution in [-0.2, 0) is 6.54 Å². The number of hydrogen-bond acceptors (Lipinski definition) is 5. The summed E-state index contributed by atoms with van der Waals surface area (Å²) in [6, 6.07) is 16.3. The highest BCUT2D eigenvalue weighted by Crippen LogP contribution is 2.24. The summed E-state index contributed by atoms with van der Waals surface area (Å²) in [5.74, 6) is 1.54. The molecule has 6 nitrogen and oxygen atoms in total. The molecule has 6 heteroatoms. The van der Waals surface area contributed by atoms with Crippen LogP contribution in [-0.4, -0.2) is 51.9 Å². The van der Waals surface area contributed by atoms with E-state index in [0.29, 0.717) is 5.82 Å². The number of rotatable bonds is 6. The first kappa shape index (κ1) is 17.7. The van der Waals surface area contributed by atoms with Crippen molar-refractivity contribution in [2.24, 2.45) is 0 Å². The molecule has 0 radical (unpaired) electrons. The summed E-state index contributed by atoms with van der Waals surface area (Å²) in [5.41, 5.74) is 3.29. The highest BCUT2D eigenvalue weighted by atomic mass is 16.5. The zero-order valence-electron chi connectivity index (χ0n) is 15.7. The third kappa shape index (κ3) is 4.34. The molecule has 0 saturated carbocycles. The fraction of sp³-hybridized carbons (Fsp3) is 0.381. The van der Waals surface area contributed by atoms with Crippen LogP contribution >= 0.6 is 0 Å². The lowest BCUT2D eigenvalue weighted by atomic mass is 10.0. The average Bonchev–Trinajstić information content (AvgIpc) is 3.22. The molecule has 1 aliphatic rings. The molecule has 140 valence electrons. The summed E-state index contributed by atoms with van der Waals surface area (Å²) in [7, 11) is 1.68. The smallest absolute Gasteiger partial charge is 0.204 e. The van der Waals surface area contributed by atoms with E-state index in [0.717, 1.165) is 35.5 Å². The van der Waals surface area contributed by atoms with Crippen LogP contribution in [0.1, 0.15) is 19.3 Å². The number of methoxy groups -OCH3 is 1. The number of hydrogen-bond donors (Lipinski definition) is 0. The quantitative estimate of drug-likeness (QED) is 0.671. The molecule has 0 atom stereocenters. The number of tetrazole rings is 1. The SMILES string of the molecule is COc1ccc(-c2ccc(-c3nnn(CCN4CCCCC4)n3)cc2)cc1. The first-order chi connectivity index (χ1) is 13.3. The Morgan fingerprint density at radius 2 is 1.44 bits per heavy atom. The van der Waals surface area contributed by atoms with Crippen molar-refractivity contribution in [2.75, 3.05) is 26.7 Å². The Morgan fingerprint density at radius 1 is 0.815 bits per heavy atom. The third-order valence-electron chi connectivity index (χ3n) is 5.08. The van der Waals surface area contributed by atoms with Gasteiger partial charge < -0.3 is 9.64 Å². The van der Waals surface area contributed by atoms with Gasteiger partial charge in [0.05, 0.1) is 13.7 Å². The van der Waals surface area contributed by atoms with Crippen molar-refractivity contribution < 1.29 is 4.74 Å². The molecular formula is C21H25N5O. The predicted octanol–water partition coefficient (Wildman–Crippen LogP) is 3.50. The van der Waals surface area contributed by atoms with Gasteiger partial charge in [-0.3, -0.25) is 0 Å². The Hall–Kier alpha value is -2.73. The minimum atomic E-state index is 0.676. The number of piperidine rings is 1. The van der Waals surface area contributed by atoms with Crippen LogP contribution in [0.2, 0.25) is 0 Å².